The van der Waals surface area contributed by atoms with Crippen LogP contribution in [0.15, 0.2) is 24.3 Å². The zero-order valence-corrected chi connectivity index (χ0v) is 9.46. The summed E-state index contributed by atoms with van der Waals surface area (Å²) in [6, 6.07) is 7.58. The van der Waals surface area contributed by atoms with E-state index in [0.29, 0.717) is 17.2 Å². The summed E-state index contributed by atoms with van der Waals surface area (Å²) < 4.78 is 0. The molecular weight excluding hydrogens is 208 g/mol. The molecule has 0 N–H and O–H groups in total. The molecule has 1 aliphatic rings. The number of ketones is 1. The monoisotopic (exact) mass is 222 g/mol. The fraction of sp³-hybridized carbons (Fsp3) is 0.462. The number of Topliss-reactive ketones (excluding diaryl/α,β-unsaturated/α-hetero) is 1. The van der Waals surface area contributed by atoms with Crippen LogP contribution in [0.4, 0.5) is 0 Å². The van der Waals surface area contributed by atoms with E-state index in [2.05, 4.69) is 0 Å². The highest BCUT2D eigenvalue weighted by Crippen LogP contribution is 2.33. The molecule has 0 heterocycles. The SMILES string of the molecule is O=C(CCC1CC1)Cc1ccccc1Cl. The molecule has 0 saturated heterocycles. The second kappa shape index (κ2) is 4.80. The van der Waals surface area contributed by atoms with Crippen molar-refractivity contribution in [1.29, 1.82) is 0 Å². The van der Waals surface area contributed by atoms with E-state index in [0.717, 1.165) is 24.3 Å². The summed E-state index contributed by atoms with van der Waals surface area (Å²) in [6.45, 7) is 0. The molecule has 15 heavy (non-hydrogen) atoms. The molecule has 1 aromatic rings. The van der Waals surface area contributed by atoms with Gasteiger partial charge in [0.15, 0.2) is 0 Å². The number of carbonyl (C=O) groups is 1. The van der Waals surface area contributed by atoms with Crippen molar-refractivity contribution in [1.82, 2.24) is 0 Å². The largest absolute Gasteiger partial charge is 0.299 e. The normalized spacial score (nSPS) is 15.3. The van der Waals surface area contributed by atoms with Gasteiger partial charge in [0.2, 0.25) is 0 Å². The Balaban J connectivity index is 1.84. The third-order valence-electron chi connectivity index (χ3n) is 2.87. The van der Waals surface area contributed by atoms with Crippen molar-refractivity contribution in [3.63, 3.8) is 0 Å². The van der Waals surface area contributed by atoms with Gasteiger partial charge in [-0.05, 0) is 24.0 Å². The zero-order chi connectivity index (χ0) is 10.7. The molecule has 0 spiro atoms. The van der Waals surface area contributed by atoms with Gasteiger partial charge in [0.05, 0.1) is 0 Å². The quantitative estimate of drug-likeness (QED) is 0.744. The molecule has 0 atom stereocenters. The standard InChI is InChI=1S/C13H15ClO/c14-13-4-2-1-3-11(13)9-12(15)8-7-10-5-6-10/h1-4,10H,5-9H2. The maximum atomic E-state index is 11.6. The van der Waals surface area contributed by atoms with Gasteiger partial charge in [0, 0.05) is 17.9 Å². The van der Waals surface area contributed by atoms with E-state index in [1.54, 1.807) is 0 Å². The van der Waals surface area contributed by atoms with E-state index in [9.17, 15) is 4.79 Å². The van der Waals surface area contributed by atoms with E-state index in [1.165, 1.54) is 12.8 Å². The molecule has 2 heteroatoms. The molecule has 2 rings (SSSR count). The summed E-state index contributed by atoms with van der Waals surface area (Å²) in [4.78, 5) is 11.6. The first-order valence-corrected chi connectivity index (χ1v) is 5.88. The van der Waals surface area contributed by atoms with Crippen molar-refractivity contribution in [3.05, 3.63) is 34.9 Å². The maximum Gasteiger partial charge on any atom is 0.137 e. The number of rotatable bonds is 5. The molecule has 0 aromatic heterocycles. The molecule has 0 amide bonds. The van der Waals surface area contributed by atoms with Gasteiger partial charge in [-0.1, -0.05) is 42.6 Å². The van der Waals surface area contributed by atoms with Gasteiger partial charge in [-0.25, -0.2) is 0 Å². The van der Waals surface area contributed by atoms with Gasteiger partial charge in [-0.15, -0.1) is 0 Å². The first kappa shape index (κ1) is 10.7. The average molecular weight is 223 g/mol. The van der Waals surface area contributed by atoms with Gasteiger partial charge >= 0.3 is 0 Å². The minimum atomic E-state index is 0.315. The number of carbonyl (C=O) groups excluding carboxylic acids is 1. The molecule has 0 bridgehead atoms. The van der Waals surface area contributed by atoms with Gasteiger partial charge in [-0.2, -0.15) is 0 Å². The lowest BCUT2D eigenvalue weighted by Gasteiger charge is -2.02. The lowest BCUT2D eigenvalue weighted by molar-refractivity contribution is -0.118. The molecule has 1 fully saturated rings. The van der Waals surface area contributed by atoms with Crippen molar-refractivity contribution in [2.75, 3.05) is 0 Å². The Morgan fingerprint density at radius 2 is 2.07 bits per heavy atom. The van der Waals surface area contributed by atoms with Crippen molar-refractivity contribution < 1.29 is 4.79 Å². The number of hydrogen-bond donors (Lipinski definition) is 0. The highest BCUT2D eigenvalue weighted by Gasteiger charge is 2.21. The predicted molar refractivity (Wildman–Crippen MR) is 62.1 cm³/mol. The van der Waals surface area contributed by atoms with Crippen molar-refractivity contribution in [2.24, 2.45) is 5.92 Å². The summed E-state index contributed by atoms with van der Waals surface area (Å²) in [5.41, 5.74) is 0.958. The van der Waals surface area contributed by atoms with E-state index >= 15 is 0 Å². The number of benzene rings is 1. The molecule has 1 nitrogen and oxygen atoms in total. The molecular formula is C13H15ClO. The molecule has 80 valence electrons. The summed E-state index contributed by atoms with van der Waals surface area (Å²) in [6.07, 6.45) is 4.92. The van der Waals surface area contributed by atoms with E-state index < -0.39 is 0 Å². The molecule has 1 saturated carbocycles. The Morgan fingerprint density at radius 3 is 2.73 bits per heavy atom. The van der Waals surface area contributed by atoms with Crippen molar-refractivity contribution >= 4 is 17.4 Å². The van der Waals surface area contributed by atoms with Crippen LogP contribution in [0.1, 0.15) is 31.2 Å². The predicted octanol–water partition coefficient (Wildman–Crippen LogP) is 3.64. The lowest BCUT2D eigenvalue weighted by atomic mass is 10.0. The van der Waals surface area contributed by atoms with Crippen LogP contribution in [0, 0.1) is 5.92 Å². The Bertz CT molecular complexity index is 355. The highest BCUT2D eigenvalue weighted by atomic mass is 35.5. The maximum absolute atomic E-state index is 11.6. The second-order valence-electron chi connectivity index (χ2n) is 4.29. The van der Waals surface area contributed by atoms with Crippen LogP contribution in [0.25, 0.3) is 0 Å². The second-order valence-corrected chi connectivity index (χ2v) is 4.70. The molecule has 1 aromatic carbocycles. The Kier molecular flexibility index (Phi) is 3.42. The van der Waals surface area contributed by atoms with Crippen molar-refractivity contribution in [2.45, 2.75) is 32.1 Å². The van der Waals surface area contributed by atoms with Crippen LogP contribution in [-0.4, -0.2) is 5.78 Å². The van der Waals surface area contributed by atoms with Crippen LogP contribution < -0.4 is 0 Å². The first-order valence-electron chi connectivity index (χ1n) is 5.51. The molecule has 0 radical (unpaired) electrons. The van der Waals surface area contributed by atoms with Crippen molar-refractivity contribution in [3.8, 4) is 0 Å². The smallest absolute Gasteiger partial charge is 0.137 e. The van der Waals surface area contributed by atoms with Crippen LogP contribution in [0.5, 0.6) is 0 Å². The Labute approximate surface area is 95.4 Å². The summed E-state index contributed by atoms with van der Waals surface area (Å²) in [7, 11) is 0. The Morgan fingerprint density at radius 1 is 1.33 bits per heavy atom. The summed E-state index contributed by atoms with van der Waals surface area (Å²) in [5.74, 6) is 1.15. The topological polar surface area (TPSA) is 17.1 Å². The van der Waals surface area contributed by atoms with Gasteiger partial charge in [0.1, 0.15) is 5.78 Å². The number of hydrogen-bond acceptors (Lipinski definition) is 1. The molecule has 0 aliphatic heterocycles. The first-order chi connectivity index (χ1) is 7.25. The summed E-state index contributed by atoms with van der Waals surface area (Å²) >= 11 is 5.99. The summed E-state index contributed by atoms with van der Waals surface area (Å²) in [5, 5.41) is 0.706. The third kappa shape index (κ3) is 3.35. The lowest BCUT2D eigenvalue weighted by Crippen LogP contribution is -2.03. The van der Waals surface area contributed by atoms with Gasteiger partial charge in [-0.3, -0.25) is 4.79 Å². The van der Waals surface area contributed by atoms with Crippen LogP contribution in [0.3, 0.4) is 0 Å². The highest BCUT2D eigenvalue weighted by molar-refractivity contribution is 6.31. The van der Waals surface area contributed by atoms with Gasteiger partial charge in [0.25, 0.3) is 0 Å². The van der Waals surface area contributed by atoms with Gasteiger partial charge < -0.3 is 0 Å². The minimum absolute atomic E-state index is 0.315. The Hall–Kier alpha value is -0.820. The van der Waals surface area contributed by atoms with Crippen LogP contribution >= 0.6 is 11.6 Å². The molecule has 0 unspecified atom stereocenters. The van der Waals surface area contributed by atoms with E-state index in [1.807, 2.05) is 24.3 Å². The van der Waals surface area contributed by atoms with Crippen LogP contribution in [0.2, 0.25) is 5.02 Å². The zero-order valence-electron chi connectivity index (χ0n) is 8.71. The van der Waals surface area contributed by atoms with E-state index in [-0.39, 0.29) is 0 Å². The minimum Gasteiger partial charge on any atom is -0.299 e. The fourth-order valence-corrected chi connectivity index (χ4v) is 1.92. The molecule has 1 aliphatic carbocycles. The number of halogens is 1. The van der Waals surface area contributed by atoms with E-state index in [4.69, 9.17) is 11.6 Å². The third-order valence-corrected chi connectivity index (χ3v) is 3.24. The van der Waals surface area contributed by atoms with Crippen LogP contribution in [-0.2, 0) is 11.2 Å². The average Bonchev–Trinajstić information content (AvgIpc) is 3.02. The fourth-order valence-electron chi connectivity index (χ4n) is 1.71.